The molecule has 4 aromatic rings. The highest BCUT2D eigenvalue weighted by atomic mass is 79.9. The highest BCUT2D eigenvalue weighted by molar-refractivity contribution is 9.10. The van der Waals surface area contributed by atoms with Crippen LogP contribution < -0.4 is 5.56 Å². The molecule has 180 valence electrons. The molecule has 1 amide bonds. The first-order valence-electron chi connectivity index (χ1n) is 11.6. The maximum Gasteiger partial charge on any atom is 0.266 e. The molecule has 1 atom stereocenters. The minimum absolute atomic E-state index is 0.152. The molecular formula is C28H28BrN3O3. The van der Waals surface area contributed by atoms with Crippen molar-refractivity contribution >= 4 is 32.7 Å². The van der Waals surface area contributed by atoms with Crippen LogP contribution in [0.5, 0.6) is 0 Å². The van der Waals surface area contributed by atoms with E-state index in [1.807, 2.05) is 61.5 Å². The maximum atomic E-state index is 13.8. The molecule has 0 fully saturated rings. The third-order valence-corrected chi connectivity index (χ3v) is 6.67. The smallest absolute Gasteiger partial charge is 0.266 e. The lowest BCUT2D eigenvalue weighted by Crippen LogP contribution is -2.39. The first-order chi connectivity index (χ1) is 17.0. The van der Waals surface area contributed by atoms with Crippen molar-refractivity contribution in [2.75, 3.05) is 20.3 Å². The van der Waals surface area contributed by atoms with Crippen molar-refractivity contribution in [1.82, 2.24) is 14.5 Å². The summed E-state index contributed by atoms with van der Waals surface area (Å²) >= 11 is 3.43. The molecule has 4 rings (SSSR count). The fourth-order valence-electron chi connectivity index (χ4n) is 4.25. The van der Waals surface area contributed by atoms with Gasteiger partial charge in [0.15, 0.2) is 0 Å². The second kappa shape index (κ2) is 11.0. The number of fused-ring (bicyclic) bond motifs is 1. The van der Waals surface area contributed by atoms with E-state index in [1.165, 1.54) is 0 Å². The van der Waals surface area contributed by atoms with E-state index in [1.54, 1.807) is 34.8 Å². The third-order valence-electron chi connectivity index (χ3n) is 6.14. The number of hydrogen-bond acceptors (Lipinski definition) is 4. The molecule has 0 bridgehead atoms. The number of carbonyl (C=O) groups is 1. The summed E-state index contributed by atoms with van der Waals surface area (Å²) in [6.07, 6.45) is 0.758. The van der Waals surface area contributed by atoms with Crippen molar-refractivity contribution in [3.8, 4) is 5.69 Å². The van der Waals surface area contributed by atoms with Crippen LogP contribution in [0.25, 0.3) is 16.6 Å². The van der Waals surface area contributed by atoms with Gasteiger partial charge in [0.05, 0.1) is 29.2 Å². The van der Waals surface area contributed by atoms with Gasteiger partial charge in [0.25, 0.3) is 11.5 Å². The van der Waals surface area contributed by atoms with Crippen molar-refractivity contribution in [2.24, 2.45) is 0 Å². The lowest BCUT2D eigenvalue weighted by Gasteiger charge is -2.31. The molecule has 0 aliphatic carbocycles. The van der Waals surface area contributed by atoms with Crippen LogP contribution in [-0.4, -0.2) is 40.6 Å². The number of rotatable bonds is 8. The molecule has 0 N–H and O–H groups in total. The Balaban J connectivity index is 1.92. The molecule has 1 unspecified atom stereocenters. The van der Waals surface area contributed by atoms with Gasteiger partial charge in [0.2, 0.25) is 0 Å². The molecule has 0 aliphatic rings. The van der Waals surface area contributed by atoms with E-state index in [9.17, 15) is 9.59 Å². The molecule has 0 radical (unpaired) electrons. The Labute approximate surface area is 213 Å². The summed E-state index contributed by atoms with van der Waals surface area (Å²) in [4.78, 5) is 34.1. The largest absolute Gasteiger partial charge is 0.383 e. The van der Waals surface area contributed by atoms with Crippen LogP contribution in [-0.2, 0) is 11.2 Å². The Hall–Kier alpha value is -3.29. The lowest BCUT2D eigenvalue weighted by atomic mass is 10.1. The number of amides is 1. The van der Waals surface area contributed by atoms with Crippen LogP contribution in [0.15, 0.2) is 82.1 Å². The Morgan fingerprint density at radius 3 is 2.46 bits per heavy atom. The molecular weight excluding hydrogens is 506 g/mol. The van der Waals surface area contributed by atoms with Crippen LogP contribution in [0.1, 0.15) is 41.6 Å². The van der Waals surface area contributed by atoms with Crippen molar-refractivity contribution in [1.29, 1.82) is 0 Å². The van der Waals surface area contributed by atoms with E-state index in [0.717, 1.165) is 22.1 Å². The molecule has 0 saturated carbocycles. The van der Waals surface area contributed by atoms with Crippen LogP contribution in [0.2, 0.25) is 0 Å². The molecule has 1 heterocycles. The Morgan fingerprint density at radius 2 is 1.74 bits per heavy atom. The molecule has 0 spiro atoms. The highest BCUT2D eigenvalue weighted by Gasteiger charge is 2.28. The van der Waals surface area contributed by atoms with Crippen LogP contribution >= 0.6 is 15.9 Å². The maximum absolute atomic E-state index is 13.8. The Bertz CT molecular complexity index is 1400. The van der Waals surface area contributed by atoms with Gasteiger partial charge in [-0.05, 0) is 61.4 Å². The predicted molar refractivity (Wildman–Crippen MR) is 142 cm³/mol. The minimum atomic E-state index is -0.497. The molecule has 6 nitrogen and oxygen atoms in total. The fraction of sp³-hybridized carbons (Fsp3) is 0.250. The van der Waals surface area contributed by atoms with E-state index in [2.05, 4.69) is 22.9 Å². The van der Waals surface area contributed by atoms with Crippen molar-refractivity contribution in [2.45, 2.75) is 26.3 Å². The predicted octanol–water partition coefficient (Wildman–Crippen LogP) is 5.56. The average Bonchev–Trinajstić information content (AvgIpc) is 2.89. The number of benzene rings is 3. The van der Waals surface area contributed by atoms with Crippen molar-refractivity contribution in [3.05, 3.63) is 105 Å². The molecule has 3 aromatic carbocycles. The monoisotopic (exact) mass is 533 g/mol. The SMILES string of the molecule is CCc1ccccc1-n1c(C(C)N(CCOC)C(=O)c2ccc(Br)cc2)nc2ccccc2c1=O. The van der Waals surface area contributed by atoms with Crippen molar-refractivity contribution < 1.29 is 9.53 Å². The quantitative estimate of drug-likeness (QED) is 0.297. The van der Waals surface area contributed by atoms with Gasteiger partial charge in [-0.25, -0.2) is 4.98 Å². The van der Waals surface area contributed by atoms with Gasteiger partial charge >= 0.3 is 0 Å². The summed E-state index contributed by atoms with van der Waals surface area (Å²) in [6, 6.07) is 21.9. The standard InChI is InChI=1S/C28H28BrN3O3/c1-4-20-9-5-8-12-25(20)32-26(30-24-11-7-6-10-23(24)28(32)34)19(2)31(17-18-35-3)27(33)21-13-15-22(29)16-14-21/h5-16,19H,4,17-18H2,1-3H3. The molecule has 0 aliphatic heterocycles. The normalized spacial score (nSPS) is 12.0. The minimum Gasteiger partial charge on any atom is -0.383 e. The van der Waals surface area contributed by atoms with E-state index in [0.29, 0.717) is 35.4 Å². The zero-order valence-corrected chi connectivity index (χ0v) is 21.7. The van der Waals surface area contributed by atoms with E-state index < -0.39 is 6.04 Å². The Kier molecular flexibility index (Phi) is 7.78. The van der Waals surface area contributed by atoms with Crippen LogP contribution in [0, 0.1) is 0 Å². The van der Waals surface area contributed by atoms with Gasteiger partial charge in [-0.1, -0.05) is 53.2 Å². The van der Waals surface area contributed by atoms with Gasteiger partial charge in [0, 0.05) is 23.7 Å². The molecule has 1 aromatic heterocycles. The van der Waals surface area contributed by atoms with E-state index in [4.69, 9.17) is 9.72 Å². The zero-order chi connectivity index (χ0) is 24.9. The summed E-state index contributed by atoms with van der Waals surface area (Å²) in [6.45, 7) is 4.68. The second-order valence-corrected chi connectivity index (χ2v) is 9.20. The summed E-state index contributed by atoms with van der Waals surface area (Å²) in [5, 5.41) is 0.539. The van der Waals surface area contributed by atoms with Gasteiger partial charge in [-0.3, -0.25) is 14.2 Å². The number of para-hydroxylation sites is 2. The van der Waals surface area contributed by atoms with Crippen molar-refractivity contribution in [3.63, 3.8) is 0 Å². The van der Waals surface area contributed by atoms with Crippen LogP contribution in [0.3, 0.4) is 0 Å². The average molecular weight is 534 g/mol. The first kappa shape index (κ1) is 24.8. The fourth-order valence-corrected chi connectivity index (χ4v) is 4.51. The topological polar surface area (TPSA) is 64.4 Å². The van der Waals surface area contributed by atoms with E-state index in [-0.39, 0.29) is 11.5 Å². The van der Waals surface area contributed by atoms with Gasteiger partial charge in [0.1, 0.15) is 5.82 Å². The highest BCUT2D eigenvalue weighted by Crippen LogP contribution is 2.26. The number of methoxy groups -OCH3 is 1. The zero-order valence-electron chi connectivity index (χ0n) is 20.1. The summed E-state index contributed by atoms with van der Waals surface area (Å²) in [7, 11) is 1.61. The summed E-state index contributed by atoms with van der Waals surface area (Å²) in [5.74, 6) is 0.357. The number of nitrogens with zero attached hydrogens (tertiary/aromatic N) is 3. The number of ether oxygens (including phenoxy) is 1. The first-order valence-corrected chi connectivity index (χ1v) is 12.4. The number of carbonyl (C=O) groups excluding carboxylic acids is 1. The van der Waals surface area contributed by atoms with Crippen LogP contribution in [0.4, 0.5) is 0 Å². The summed E-state index contributed by atoms with van der Waals surface area (Å²) < 4.78 is 7.88. The number of aromatic nitrogens is 2. The summed E-state index contributed by atoms with van der Waals surface area (Å²) in [5.41, 5.74) is 2.82. The molecule has 7 heteroatoms. The van der Waals surface area contributed by atoms with E-state index >= 15 is 0 Å². The lowest BCUT2D eigenvalue weighted by molar-refractivity contribution is 0.0605. The number of aryl methyl sites for hydroxylation is 1. The molecule has 35 heavy (non-hydrogen) atoms. The van der Waals surface area contributed by atoms with Gasteiger partial charge < -0.3 is 9.64 Å². The second-order valence-electron chi connectivity index (χ2n) is 8.28. The van der Waals surface area contributed by atoms with Gasteiger partial charge in [-0.2, -0.15) is 0 Å². The number of hydrogen-bond donors (Lipinski definition) is 0. The third kappa shape index (κ3) is 5.06. The molecule has 0 saturated heterocycles. The van der Waals surface area contributed by atoms with Gasteiger partial charge in [-0.15, -0.1) is 0 Å². The number of halogens is 1. The Morgan fingerprint density at radius 1 is 1.06 bits per heavy atom.